The smallest absolute Gasteiger partial charge is 0.329 e. The number of thioether (sulfide) groups is 1. The van der Waals surface area contributed by atoms with Crippen molar-refractivity contribution in [2.24, 2.45) is 0 Å². The Hall–Kier alpha value is -2.02. The van der Waals surface area contributed by atoms with Crippen LogP contribution in [0.1, 0.15) is 10.8 Å². The van der Waals surface area contributed by atoms with Crippen molar-refractivity contribution in [2.75, 3.05) is 20.3 Å². The molecule has 0 amide bonds. The first kappa shape index (κ1) is 18.3. The molecule has 2 aromatic carbocycles. The Morgan fingerprint density at radius 1 is 1.17 bits per heavy atom. The van der Waals surface area contributed by atoms with Crippen LogP contribution < -0.4 is 4.74 Å². The van der Waals surface area contributed by atoms with Gasteiger partial charge in [0, 0.05) is 4.90 Å². The standard InChI is InChI=1S/C18H20O5S/c1-22-14-8-5-9-15(10-14)24-18(13-6-3-2-4-7-13)16(19)11-23-12-17(20)21/h2-10,16,18-19H,11-12H2,1H3,(H,20,21). The lowest BCUT2D eigenvalue weighted by Crippen LogP contribution is -2.24. The summed E-state index contributed by atoms with van der Waals surface area (Å²) in [6.45, 7) is -0.481. The Bertz CT molecular complexity index is 647. The fourth-order valence-electron chi connectivity index (χ4n) is 2.19. The maximum absolute atomic E-state index is 10.6. The lowest BCUT2D eigenvalue weighted by molar-refractivity contribution is -0.143. The number of carboxylic acid groups (broad SMARTS) is 1. The number of carboxylic acids is 1. The highest BCUT2D eigenvalue weighted by Crippen LogP contribution is 2.39. The van der Waals surface area contributed by atoms with Gasteiger partial charge in [-0.1, -0.05) is 36.4 Å². The lowest BCUT2D eigenvalue weighted by atomic mass is 10.1. The molecule has 2 N–H and O–H groups in total. The van der Waals surface area contributed by atoms with E-state index in [0.717, 1.165) is 16.2 Å². The molecule has 0 saturated carbocycles. The molecular formula is C18H20O5S. The van der Waals surface area contributed by atoms with Crippen molar-refractivity contribution >= 4 is 17.7 Å². The first-order valence-corrected chi connectivity index (χ1v) is 8.31. The van der Waals surface area contributed by atoms with Crippen molar-refractivity contribution in [3.63, 3.8) is 0 Å². The van der Waals surface area contributed by atoms with E-state index in [-0.39, 0.29) is 11.9 Å². The van der Waals surface area contributed by atoms with E-state index in [1.165, 1.54) is 11.8 Å². The van der Waals surface area contributed by atoms with Gasteiger partial charge in [0.2, 0.25) is 0 Å². The molecule has 0 bridgehead atoms. The molecule has 5 nitrogen and oxygen atoms in total. The van der Waals surface area contributed by atoms with Crippen molar-refractivity contribution in [1.29, 1.82) is 0 Å². The molecule has 2 atom stereocenters. The van der Waals surface area contributed by atoms with Crippen LogP contribution in [0.3, 0.4) is 0 Å². The van der Waals surface area contributed by atoms with E-state index in [1.807, 2.05) is 54.6 Å². The van der Waals surface area contributed by atoms with Gasteiger partial charge in [0.25, 0.3) is 0 Å². The average Bonchev–Trinajstić information content (AvgIpc) is 2.60. The minimum atomic E-state index is -1.06. The van der Waals surface area contributed by atoms with Crippen LogP contribution in [-0.4, -0.2) is 42.6 Å². The number of carbonyl (C=O) groups is 1. The largest absolute Gasteiger partial charge is 0.497 e. The highest BCUT2D eigenvalue weighted by Gasteiger charge is 2.23. The van der Waals surface area contributed by atoms with Gasteiger partial charge in [0.1, 0.15) is 12.4 Å². The Labute approximate surface area is 145 Å². The normalized spacial score (nSPS) is 13.2. The zero-order valence-corrected chi connectivity index (χ0v) is 14.1. The van der Waals surface area contributed by atoms with Crippen LogP contribution in [0.25, 0.3) is 0 Å². The monoisotopic (exact) mass is 348 g/mol. The number of hydrogen-bond donors (Lipinski definition) is 2. The maximum Gasteiger partial charge on any atom is 0.329 e. The molecule has 2 rings (SSSR count). The first-order valence-electron chi connectivity index (χ1n) is 7.43. The van der Waals surface area contributed by atoms with Gasteiger partial charge in [-0.3, -0.25) is 0 Å². The summed E-state index contributed by atoms with van der Waals surface area (Å²) in [6.07, 6.45) is -0.844. The summed E-state index contributed by atoms with van der Waals surface area (Å²) in [7, 11) is 1.60. The van der Waals surface area contributed by atoms with Gasteiger partial charge >= 0.3 is 5.97 Å². The highest BCUT2D eigenvalue weighted by molar-refractivity contribution is 7.99. The first-order chi connectivity index (χ1) is 11.6. The topological polar surface area (TPSA) is 76.0 Å². The molecule has 0 fully saturated rings. The molecule has 24 heavy (non-hydrogen) atoms. The van der Waals surface area contributed by atoms with E-state index in [4.69, 9.17) is 14.6 Å². The number of methoxy groups -OCH3 is 1. The van der Waals surface area contributed by atoms with Crippen molar-refractivity contribution < 1.29 is 24.5 Å². The number of aliphatic hydroxyl groups excluding tert-OH is 1. The van der Waals surface area contributed by atoms with Gasteiger partial charge in [-0.05, 0) is 23.8 Å². The third kappa shape index (κ3) is 5.56. The van der Waals surface area contributed by atoms with Gasteiger partial charge < -0.3 is 19.7 Å². The molecular weight excluding hydrogens is 328 g/mol. The highest BCUT2D eigenvalue weighted by atomic mass is 32.2. The van der Waals surface area contributed by atoms with Crippen LogP contribution in [-0.2, 0) is 9.53 Å². The van der Waals surface area contributed by atoms with Gasteiger partial charge in [-0.25, -0.2) is 4.79 Å². The molecule has 0 aliphatic carbocycles. The third-order valence-corrected chi connectivity index (χ3v) is 4.66. The van der Waals surface area contributed by atoms with Crippen LogP contribution >= 0.6 is 11.8 Å². The Morgan fingerprint density at radius 3 is 2.58 bits per heavy atom. The number of ether oxygens (including phenoxy) is 2. The number of benzene rings is 2. The minimum absolute atomic E-state index is 0.0527. The van der Waals surface area contributed by atoms with Crippen LogP contribution in [0.15, 0.2) is 59.5 Å². The summed E-state index contributed by atoms with van der Waals surface area (Å²) < 4.78 is 10.3. The van der Waals surface area contributed by atoms with E-state index in [0.29, 0.717) is 0 Å². The van der Waals surface area contributed by atoms with Crippen LogP contribution in [0, 0.1) is 0 Å². The molecule has 2 aromatic rings. The molecule has 128 valence electrons. The van der Waals surface area contributed by atoms with Crippen LogP contribution in [0.4, 0.5) is 0 Å². The van der Waals surface area contributed by atoms with Crippen molar-refractivity contribution in [1.82, 2.24) is 0 Å². The molecule has 0 aliphatic rings. The molecule has 0 saturated heterocycles. The van der Waals surface area contributed by atoms with Crippen molar-refractivity contribution in [2.45, 2.75) is 16.2 Å². The summed E-state index contributed by atoms with van der Waals surface area (Å²) in [5.41, 5.74) is 0.941. The average molecular weight is 348 g/mol. The predicted molar refractivity (Wildman–Crippen MR) is 92.5 cm³/mol. The van der Waals surface area contributed by atoms with E-state index in [1.54, 1.807) is 7.11 Å². The SMILES string of the molecule is COc1cccc(SC(c2ccccc2)C(O)COCC(=O)O)c1. The lowest BCUT2D eigenvalue weighted by Gasteiger charge is -2.23. The minimum Gasteiger partial charge on any atom is -0.497 e. The van der Waals surface area contributed by atoms with Crippen LogP contribution in [0.5, 0.6) is 5.75 Å². The number of aliphatic carboxylic acids is 1. The zero-order valence-electron chi connectivity index (χ0n) is 13.3. The van der Waals surface area contributed by atoms with Crippen LogP contribution in [0.2, 0.25) is 0 Å². The number of hydrogen-bond acceptors (Lipinski definition) is 5. The predicted octanol–water partition coefficient (Wildman–Crippen LogP) is 2.99. The van der Waals surface area contributed by atoms with E-state index in [9.17, 15) is 9.90 Å². The second kappa shape index (κ2) is 9.32. The molecule has 0 aromatic heterocycles. The van der Waals surface area contributed by atoms with Crippen molar-refractivity contribution in [3.05, 3.63) is 60.2 Å². The molecule has 0 heterocycles. The van der Waals surface area contributed by atoms with E-state index >= 15 is 0 Å². The summed E-state index contributed by atoms with van der Waals surface area (Å²) in [5, 5.41) is 18.9. The second-order valence-corrected chi connectivity index (χ2v) is 6.32. The van der Waals surface area contributed by atoms with Crippen molar-refractivity contribution in [3.8, 4) is 5.75 Å². The summed E-state index contributed by atoms with van der Waals surface area (Å²) in [6, 6.07) is 17.1. The third-order valence-electron chi connectivity index (χ3n) is 3.30. The number of aliphatic hydroxyl groups is 1. The molecule has 6 heteroatoms. The molecule has 2 unspecified atom stereocenters. The Balaban J connectivity index is 2.14. The van der Waals surface area contributed by atoms with Gasteiger partial charge in [-0.15, -0.1) is 11.8 Å². The summed E-state index contributed by atoms with van der Waals surface area (Å²) in [4.78, 5) is 11.5. The summed E-state index contributed by atoms with van der Waals surface area (Å²) in [5.74, 6) is -0.317. The van der Waals surface area contributed by atoms with E-state index in [2.05, 4.69) is 0 Å². The second-order valence-electron chi connectivity index (χ2n) is 5.10. The molecule has 0 spiro atoms. The molecule has 0 radical (unpaired) electrons. The maximum atomic E-state index is 10.6. The Kier molecular flexibility index (Phi) is 7.11. The van der Waals surface area contributed by atoms with E-state index < -0.39 is 18.7 Å². The molecule has 0 aliphatic heterocycles. The fourth-order valence-corrected chi connectivity index (χ4v) is 3.35. The van der Waals surface area contributed by atoms with Gasteiger partial charge in [-0.2, -0.15) is 0 Å². The number of rotatable bonds is 9. The quantitative estimate of drug-likeness (QED) is 0.679. The van der Waals surface area contributed by atoms with Gasteiger partial charge in [0.05, 0.1) is 25.1 Å². The zero-order chi connectivity index (χ0) is 17.4. The summed E-state index contributed by atoms with van der Waals surface area (Å²) >= 11 is 1.48. The van der Waals surface area contributed by atoms with Gasteiger partial charge in [0.15, 0.2) is 0 Å². The fraction of sp³-hybridized carbons (Fsp3) is 0.278. The Morgan fingerprint density at radius 2 is 1.92 bits per heavy atom.